The van der Waals surface area contributed by atoms with Gasteiger partial charge in [0.25, 0.3) is 0 Å². The zero-order valence-corrected chi connectivity index (χ0v) is 12.0. The second kappa shape index (κ2) is 4.36. The van der Waals surface area contributed by atoms with Gasteiger partial charge in [0, 0.05) is 0 Å². The maximum absolute atomic E-state index is 13.8. The molecule has 1 nitrogen and oxygen atoms in total. The maximum Gasteiger partial charge on any atom is 0.169 e. The van der Waals surface area contributed by atoms with E-state index in [2.05, 4.69) is 36.7 Å². The Balaban J connectivity index is 3.65. The number of aromatic hydroxyl groups is 1. The van der Waals surface area contributed by atoms with Crippen LogP contribution >= 0.6 is 15.9 Å². The lowest BCUT2D eigenvalue weighted by Gasteiger charge is -2.29. The average Bonchev–Trinajstić information content (AvgIpc) is 2.23. The Hall–Kier alpha value is -0.570. The summed E-state index contributed by atoms with van der Waals surface area (Å²) in [4.78, 5) is 0. The van der Waals surface area contributed by atoms with Crippen LogP contribution in [0, 0.1) is 19.7 Å². The van der Waals surface area contributed by atoms with Gasteiger partial charge < -0.3 is 5.11 Å². The molecule has 0 fully saturated rings. The normalized spacial score (nSPS) is 11.9. The molecule has 0 aromatic heterocycles. The summed E-state index contributed by atoms with van der Waals surface area (Å²) in [5.74, 6) is -0.806. The lowest BCUT2D eigenvalue weighted by atomic mass is 9.77. The van der Waals surface area contributed by atoms with Crippen molar-refractivity contribution in [3.8, 4) is 5.75 Å². The van der Waals surface area contributed by atoms with Gasteiger partial charge in [0.05, 0.1) is 4.47 Å². The first-order valence-electron chi connectivity index (χ1n) is 5.41. The first-order valence-corrected chi connectivity index (χ1v) is 6.21. The summed E-state index contributed by atoms with van der Waals surface area (Å²) < 4.78 is 14.3. The molecular weight excluding hydrogens is 271 g/mol. The second-order valence-corrected chi connectivity index (χ2v) is 5.63. The molecule has 1 rings (SSSR count). The molecule has 0 aliphatic rings. The van der Waals surface area contributed by atoms with Crippen molar-refractivity contribution in [2.45, 2.75) is 46.5 Å². The van der Waals surface area contributed by atoms with Gasteiger partial charge in [-0.15, -0.1) is 0 Å². The highest BCUT2D eigenvalue weighted by atomic mass is 79.9. The van der Waals surface area contributed by atoms with E-state index in [-0.39, 0.29) is 11.2 Å². The third-order valence-electron chi connectivity index (χ3n) is 3.38. The number of benzene rings is 1. The molecule has 0 bridgehead atoms. The van der Waals surface area contributed by atoms with Crippen molar-refractivity contribution in [1.29, 1.82) is 0 Å². The molecule has 0 spiro atoms. The molecule has 0 heterocycles. The Labute approximate surface area is 105 Å². The first kappa shape index (κ1) is 13.5. The summed E-state index contributed by atoms with van der Waals surface area (Å²) in [6.45, 7) is 9.89. The zero-order chi connectivity index (χ0) is 12.7. The van der Waals surface area contributed by atoms with Crippen molar-refractivity contribution in [1.82, 2.24) is 0 Å². The summed E-state index contributed by atoms with van der Waals surface area (Å²) in [5, 5.41) is 9.61. The van der Waals surface area contributed by atoms with Crippen LogP contribution in [0.3, 0.4) is 0 Å². The quantitative estimate of drug-likeness (QED) is 0.843. The minimum atomic E-state index is -0.519. The Morgan fingerprint density at radius 3 is 2.19 bits per heavy atom. The van der Waals surface area contributed by atoms with Gasteiger partial charge in [-0.05, 0) is 58.3 Å². The highest BCUT2D eigenvalue weighted by Crippen LogP contribution is 2.41. The van der Waals surface area contributed by atoms with Crippen molar-refractivity contribution in [2.24, 2.45) is 0 Å². The van der Waals surface area contributed by atoms with Crippen LogP contribution in [0.2, 0.25) is 0 Å². The van der Waals surface area contributed by atoms with Crippen LogP contribution in [-0.2, 0) is 5.41 Å². The van der Waals surface area contributed by atoms with Crippen LogP contribution in [0.5, 0.6) is 5.75 Å². The number of phenolic OH excluding ortho intramolecular Hbond substituents is 1. The van der Waals surface area contributed by atoms with Crippen LogP contribution in [-0.4, -0.2) is 5.11 Å². The SMILES string of the molecule is CCC(C)(C)c1c(C)c(F)c(O)c(Br)c1C. The molecule has 1 aromatic carbocycles. The van der Waals surface area contributed by atoms with E-state index in [1.165, 1.54) is 0 Å². The molecule has 0 aliphatic heterocycles. The molecule has 0 saturated heterocycles. The average molecular weight is 289 g/mol. The van der Waals surface area contributed by atoms with Crippen LogP contribution < -0.4 is 0 Å². The van der Waals surface area contributed by atoms with Crippen molar-refractivity contribution in [3.05, 3.63) is 27.0 Å². The van der Waals surface area contributed by atoms with Crippen LogP contribution in [0.4, 0.5) is 4.39 Å². The number of hydrogen-bond donors (Lipinski definition) is 1. The topological polar surface area (TPSA) is 20.2 Å². The molecule has 1 N–H and O–H groups in total. The molecule has 0 radical (unpaired) electrons. The van der Waals surface area contributed by atoms with E-state index in [1.54, 1.807) is 6.92 Å². The van der Waals surface area contributed by atoms with Crippen molar-refractivity contribution in [2.75, 3.05) is 0 Å². The molecule has 90 valence electrons. The summed E-state index contributed by atoms with van der Waals surface area (Å²) in [7, 11) is 0. The molecule has 0 amide bonds. The van der Waals surface area contributed by atoms with Crippen molar-refractivity contribution in [3.63, 3.8) is 0 Å². The van der Waals surface area contributed by atoms with E-state index >= 15 is 0 Å². The molecule has 1 aromatic rings. The molecule has 0 unspecified atom stereocenters. The number of halogens is 2. The van der Waals surface area contributed by atoms with Crippen LogP contribution in [0.25, 0.3) is 0 Å². The fourth-order valence-electron chi connectivity index (χ4n) is 2.14. The summed E-state index contributed by atoms with van der Waals surface area (Å²) in [6.07, 6.45) is 0.922. The smallest absolute Gasteiger partial charge is 0.169 e. The number of phenols is 1. The third-order valence-corrected chi connectivity index (χ3v) is 4.36. The zero-order valence-electron chi connectivity index (χ0n) is 10.4. The summed E-state index contributed by atoms with van der Waals surface area (Å²) in [5.41, 5.74) is 2.36. The van der Waals surface area contributed by atoms with Gasteiger partial charge in [-0.3, -0.25) is 0 Å². The fourth-order valence-corrected chi connectivity index (χ4v) is 2.52. The van der Waals surface area contributed by atoms with Crippen LogP contribution in [0.15, 0.2) is 4.47 Å². The molecule has 0 saturated carbocycles. The standard InChI is InChI=1S/C13H18BrFO/c1-6-13(4,5)9-7(2)10(14)12(16)11(15)8(9)3/h16H,6H2,1-5H3. The number of rotatable bonds is 2. The Morgan fingerprint density at radius 2 is 1.75 bits per heavy atom. The highest BCUT2D eigenvalue weighted by molar-refractivity contribution is 9.10. The van der Waals surface area contributed by atoms with E-state index in [4.69, 9.17) is 0 Å². The van der Waals surface area contributed by atoms with E-state index in [1.807, 2.05) is 6.92 Å². The van der Waals surface area contributed by atoms with Gasteiger partial charge >= 0.3 is 0 Å². The van der Waals surface area contributed by atoms with Gasteiger partial charge in [-0.2, -0.15) is 0 Å². The summed E-state index contributed by atoms with van der Waals surface area (Å²) >= 11 is 3.25. The lowest BCUT2D eigenvalue weighted by Crippen LogP contribution is -2.20. The predicted octanol–water partition coefficient (Wildman–Crippen LogP) is 4.60. The highest BCUT2D eigenvalue weighted by Gasteiger charge is 2.27. The molecule has 0 aliphatic carbocycles. The monoisotopic (exact) mass is 288 g/mol. The Morgan fingerprint density at radius 1 is 1.25 bits per heavy atom. The van der Waals surface area contributed by atoms with E-state index in [0.717, 1.165) is 17.5 Å². The van der Waals surface area contributed by atoms with Crippen LogP contribution in [0.1, 0.15) is 43.9 Å². The molecule has 3 heteroatoms. The van der Waals surface area contributed by atoms with E-state index in [0.29, 0.717) is 10.0 Å². The first-order chi connectivity index (χ1) is 7.24. The molecule has 16 heavy (non-hydrogen) atoms. The molecule has 0 atom stereocenters. The van der Waals surface area contributed by atoms with Gasteiger partial charge in [0.1, 0.15) is 0 Å². The van der Waals surface area contributed by atoms with Crippen molar-refractivity contribution >= 4 is 15.9 Å². The maximum atomic E-state index is 13.8. The Kier molecular flexibility index (Phi) is 3.68. The van der Waals surface area contributed by atoms with Crippen molar-refractivity contribution < 1.29 is 9.50 Å². The minimum absolute atomic E-state index is 0.0920. The van der Waals surface area contributed by atoms with Gasteiger partial charge in [-0.1, -0.05) is 20.8 Å². The minimum Gasteiger partial charge on any atom is -0.504 e. The second-order valence-electron chi connectivity index (χ2n) is 4.84. The largest absolute Gasteiger partial charge is 0.504 e. The van der Waals surface area contributed by atoms with E-state index in [9.17, 15) is 9.50 Å². The van der Waals surface area contributed by atoms with E-state index < -0.39 is 5.82 Å². The summed E-state index contributed by atoms with van der Waals surface area (Å²) in [6, 6.07) is 0. The lowest BCUT2D eigenvalue weighted by molar-refractivity contribution is 0.419. The molecular formula is C13H18BrFO. The Bertz CT molecular complexity index is 395. The van der Waals surface area contributed by atoms with Gasteiger partial charge in [0.15, 0.2) is 11.6 Å². The predicted molar refractivity (Wildman–Crippen MR) is 68.6 cm³/mol. The fraction of sp³-hybridized carbons (Fsp3) is 0.538. The van der Waals surface area contributed by atoms with Gasteiger partial charge in [0.2, 0.25) is 0 Å². The van der Waals surface area contributed by atoms with Gasteiger partial charge in [-0.25, -0.2) is 4.39 Å². The third kappa shape index (κ3) is 1.97. The number of hydrogen-bond acceptors (Lipinski definition) is 1.